The molecular weight excluding hydrogens is 210 g/mol. The van der Waals surface area contributed by atoms with Crippen molar-refractivity contribution in [2.75, 3.05) is 0 Å². The van der Waals surface area contributed by atoms with E-state index in [9.17, 15) is 5.11 Å². The molecule has 0 aliphatic carbocycles. The molecule has 0 saturated heterocycles. The number of hydrogen-bond donors (Lipinski definition) is 1. The summed E-state index contributed by atoms with van der Waals surface area (Å²) in [7, 11) is 0. The molecule has 1 N–H and O–H groups in total. The Labute approximate surface area is 101 Å². The summed E-state index contributed by atoms with van der Waals surface area (Å²) in [5.41, 5.74) is 1.87. The van der Waals surface area contributed by atoms with E-state index in [1.54, 1.807) is 24.4 Å². The van der Waals surface area contributed by atoms with E-state index >= 15 is 0 Å². The van der Waals surface area contributed by atoms with Crippen molar-refractivity contribution in [1.82, 2.24) is 0 Å². The molecule has 2 rings (SSSR count). The van der Waals surface area contributed by atoms with Crippen LogP contribution in [-0.4, -0.2) is 11.3 Å². The van der Waals surface area contributed by atoms with Crippen molar-refractivity contribution in [1.29, 1.82) is 0 Å². The molecule has 0 radical (unpaired) electrons. The van der Waals surface area contributed by atoms with Gasteiger partial charge in [0.15, 0.2) is 0 Å². The zero-order valence-electron chi connectivity index (χ0n) is 9.32. The Morgan fingerprint density at radius 1 is 0.941 bits per heavy atom. The topological polar surface area (TPSA) is 32.6 Å². The fraction of sp³-hybridized carbons (Fsp3) is 0. The van der Waals surface area contributed by atoms with E-state index in [2.05, 4.69) is 4.99 Å². The minimum atomic E-state index is 0.228. The van der Waals surface area contributed by atoms with Crippen molar-refractivity contribution in [3.63, 3.8) is 0 Å². The normalized spacial score (nSPS) is 11.3. The maximum absolute atomic E-state index is 9.26. The number of phenols is 1. The van der Waals surface area contributed by atoms with Crippen molar-refractivity contribution < 1.29 is 5.11 Å². The Morgan fingerprint density at radius 2 is 1.76 bits per heavy atom. The van der Waals surface area contributed by atoms with E-state index < -0.39 is 0 Å². The zero-order chi connectivity index (χ0) is 11.9. The van der Waals surface area contributed by atoms with Crippen LogP contribution < -0.4 is 0 Å². The Balaban J connectivity index is 2.01. The van der Waals surface area contributed by atoms with Crippen LogP contribution in [-0.2, 0) is 0 Å². The summed E-state index contributed by atoms with van der Waals surface area (Å²) in [4.78, 5) is 4.21. The quantitative estimate of drug-likeness (QED) is 0.788. The first-order valence-electron chi connectivity index (χ1n) is 5.39. The second-order valence-electron chi connectivity index (χ2n) is 3.57. The Kier molecular flexibility index (Phi) is 3.71. The van der Waals surface area contributed by atoms with E-state index in [-0.39, 0.29) is 5.75 Å². The van der Waals surface area contributed by atoms with Gasteiger partial charge in [0.25, 0.3) is 0 Å². The summed E-state index contributed by atoms with van der Waals surface area (Å²) in [6.45, 7) is 0. The molecule has 17 heavy (non-hydrogen) atoms. The van der Waals surface area contributed by atoms with Crippen molar-refractivity contribution in [2.45, 2.75) is 0 Å². The fourth-order valence-electron chi connectivity index (χ4n) is 1.42. The molecule has 0 heterocycles. The highest BCUT2D eigenvalue weighted by Crippen LogP contribution is 2.17. The number of rotatable bonds is 3. The predicted molar refractivity (Wildman–Crippen MR) is 71.7 cm³/mol. The summed E-state index contributed by atoms with van der Waals surface area (Å²) >= 11 is 0. The molecule has 2 nitrogen and oxygen atoms in total. The van der Waals surface area contributed by atoms with Gasteiger partial charge in [-0.15, -0.1) is 0 Å². The van der Waals surface area contributed by atoms with E-state index in [1.165, 1.54) is 0 Å². The molecule has 2 heteroatoms. The molecule has 2 aromatic carbocycles. The molecule has 0 saturated carbocycles. The zero-order valence-corrected chi connectivity index (χ0v) is 9.32. The smallest absolute Gasteiger partial charge is 0.117 e. The second kappa shape index (κ2) is 5.66. The van der Waals surface area contributed by atoms with Gasteiger partial charge in [0.2, 0.25) is 0 Å². The highest BCUT2D eigenvalue weighted by atomic mass is 16.3. The summed E-state index contributed by atoms with van der Waals surface area (Å²) in [5.74, 6) is 0.228. The largest absolute Gasteiger partial charge is 0.508 e. The maximum atomic E-state index is 9.26. The number of nitrogens with zero attached hydrogens (tertiary/aromatic N) is 1. The van der Waals surface area contributed by atoms with Crippen LogP contribution in [0.5, 0.6) is 5.75 Å². The number of phenolic OH excluding ortho intramolecular Hbond substituents is 1. The molecule has 0 fully saturated rings. The molecule has 0 aliphatic heterocycles. The Bertz CT molecular complexity index is 530. The molecule has 0 atom stereocenters. The highest BCUT2D eigenvalue weighted by Gasteiger charge is 1.88. The summed E-state index contributed by atoms with van der Waals surface area (Å²) in [5, 5.41) is 9.26. The average Bonchev–Trinajstić information content (AvgIpc) is 2.36. The van der Waals surface area contributed by atoms with E-state index in [0.29, 0.717) is 0 Å². The maximum Gasteiger partial charge on any atom is 0.117 e. The lowest BCUT2D eigenvalue weighted by atomic mass is 10.2. The molecular formula is C15H13NO. The van der Waals surface area contributed by atoms with Crippen molar-refractivity contribution in [2.24, 2.45) is 4.99 Å². The van der Waals surface area contributed by atoms with Crippen LogP contribution in [0.3, 0.4) is 0 Å². The number of allylic oxidation sites excluding steroid dienone is 1. The first-order valence-corrected chi connectivity index (χ1v) is 5.39. The standard InChI is InChI=1S/C15H13NO/c17-15-10-4-9-14(12-15)16-11-5-8-13-6-2-1-3-7-13/h1-12,17H. The SMILES string of the molecule is Oc1cccc(N=CC=Cc2ccccc2)c1. The number of benzene rings is 2. The monoisotopic (exact) mass is 223 g/mol. The van der Waals surface area contributed by atoms with Crippen LogP contribution in [0.2, 0.25) is 0 Å². The van der Waals surface area contributed by atoms with Gasteiger partial charge in [0.1, 0.15) is 5.75 Å². The molecule has 84 valence electrons. The summed E-state index contributed by atoms with van der Waals surface area (Å²) in [6.07, 6.45) is 5.56. The third-order valence-corrected chi connectivity index (χ3v) is 2.23. The fourth-order valence-corrected chi connectivity index (χ4v) is 1.42. The average molecular weight is 223 g/mol. The molecule has 0 aromatic heterocycles. The van der Waals surface area contributed by atoms with E-state index in [0.717, 1.165) is 11.3 Å². The summed E-state index contributed by atoms with van der Waals surface area (Å²) in [6, 6.07) is 16.9. The van der Waals surface area contributed by atoms with Gasteiger partial charge in [-0.2, -0.15) is 0 Å². The van der Waals surface area contributed by atoms with E-state index in [1.807, 2.05) is 48.6 Å². The summed E-state index contributed by atoms with van der Waals surface area (Å²) < 4.78 is 0. The van der Waals surface area contributed by atoms with Crippen LogP contribution in [0, 0.1) is 0 Å². The van der Waals surface area contributed by atoms with Crippen LogP contribution >= 0.6 is 0 Å². The van der Waals surface area contributed by atoms with Gasteiger partial charge in [-0.3, -0.25) is 4.99 Å². The first-order chi connectivity index (χ1) is 8.34. The van der Waals surface area contributed by atoms with Crippen LogP contribution in [0.25, 0.3) is 6.08 Å². The Morgan fingerprint density at radius 3 is 2.53 bits per heavy atom. The molecule has 0 spiro atoms. The van der Waals surface area contributed by atoms with Gasteiger partial charge in [-0.25, -0.2) is 0 Å². The van der Waals surface area contributed by atoms with Crippen molar-refractivity contribution in [3.8, 4) is 5.75 Å². The molecule has 0 amide bonds. The third kappa shape index (κ3) is 3.61. The van der Waals surface area contributed by atoms with Gasteiger partial charge < -0.3 is 5.11 Å². The molecule has 2 aromatic rings. The lowest BCUT2D eigenvalue weighted by Gasteiger charge is -1.93. The minimum absolute atomic E-state index is 0.228. The number of aliphatic imine (C=N–C) groups is 1. The highest BCUT2D eigenvalue weighted by molar-refractivity contribution is 5.80. The lowest BCUT2D eigenvalue weighted by Crippen LogP contribution is -1.70. The Hall–Kier alpha value is -2.35. The number of aromatic hydroxyl groups is 1. The van der Waals surface area contributed by atoms with Gasteiger partial charge in [0.05, 0.1) is 5.69 Å². The van der Waals surface area contributed by atoms with Gasteiger partial charge in [-0.1, -0.05) is 42.5 Å². The van der Waals surface area contributed by atoms with Crippen molar-refractivity contribution in [3.05, 3.63) is 66.2 Å². The second-order valence-corrected chi connectivity index (χ2v) is 3.57. The van der Waals surface area contributed by atoms with Crippen LogP contribution in [0.15, 0.2) is 65.7 Å². The van der Waals surface area contributed by atoms with Gasteiger partial charge in [0, 0.05) is 12.3 Å². The molecule has 0 unspecified atom stereocenters. The minimum Gasteiger partial charge on any atom is -0.508 e. The van der Waals surface area contributed by atoms with Crippen LogP contribution in [0.4, 0.5) is 5.69 Å². The predicted octanol–water partition coefficient (Wildman–Crippen LogP) is 3.81. The van der Waals surface area contributed by atoms with Gasteiger partial charge >= 0.3 is 0 Å². The third-order valence-electron chi connectivity index (χ3n) is 2.23. The molecule has 0 bridgehead atoms. The number of hydrogen-bond acceptors (Lipinski definition) is 2. The van der Waals surface area contributed by atoms with E-state index in [4.69, 9.17) is 0 Å². The molecule has 0 aliphatic rings. The van der Waals surface area contributed by atoms with Crippen LogP contribution in [0.1, 0.15) is 5.56 Å². The first kappa shape index (κ1) is 11.1. The lowest BCUT2D eigenvalue weighted by molar-refractivity contribution is 0.475. The van der Waals surface area contributed by atoms with Gasteiger partial charge in [-0.05, 0) is 23.8 Å². The van der Waals surface area contributed by atoms with Crippen molar-refractivity contribution >= 4 is 18.0 Å².